The summed E-state index contributed by atoms with van der Waals surface area (Å²) in [6.07, 6.45) is 1.33. The van der Waals surface area contributed by atoms with E-state index in [4.69, 9.17) is 22.1 Å². The maximum Gasteiger partial charge on any atom is 0.143 e. The lowest BCUT2D eigenvalue weighted by Crippen LogP contribution is -2.47. The number of hydrogen-bond donors (Lipinski definition) is 3. The van der Waals surface area contributed by atoms with Crippen LogP contribution in [0.4, 0.5) is 15.8 Å². The molecule has 1 aliphatic rings. The Morgan fingerprint density at radius 3 is 2.72 bits per heavy atom. The average molecular weight is 275 g/mol. The summed E-state index contributed by atoms with van der Waals surface area (Å²) in [5.41, 5.74) is 6.08. The number of aliphatic hydroxyl groups excluding tert-OH is 1. The van der Waals surface area contributed by atoms with E-state index in [1.54, 1.807) is 0 Å². The molecule has 4 nitrogen and oxygen atoms in total. The highest BCUT2D eigenvalue weighted by Crippen LogP contribution is 2.32. The molecule has 0 bridgehead atoms. The number of hydrogen-bond acceptors (Lipinski definition) is 4. The number of anilines is 2. The first-order chi connectivity index (χ1) is 8.56. The van der Waals surface area contributed by atoms with E-state index in [1.165, 1.54) is 12.1 Å². The largest absolute Gasteiger partial charge is 0.397 e. The number of nitrogens with two attached hydrogens (primary N) is 1. The van der Waals surface area contributed by atoms with Crippen molar-refractivity contribution in [3.63, 3.8) is 0 Å². The summed E-state index contributed by atoms with van der Waals surface area (Å²) in [6.45, 7) is 1.11. The van der Waals surface area contributed by atoms with Gasteiger partial charge in [0.25, 0.3) is 0 Å². The first kappa shape index (κ1) is 13.4. The molecular weight excluding hydrogens is 259 g/mol. The molecule has 0 atom stereocenters. The Balaban J connectivity index is 2.24. The minimum atomic E-state index is -0.551. The fourth-order valence-electron chi connectivity index (χ4n) is 2.04. The summed E-state index contributed by atoms with van der Waals surface area (Å²) in [5.74, 6) is -0.551. The van der Waals surface area contributed by atoms with E-state index < -0.39 is 11.4 Å². The highest BCUT2D eigenvalue weighted by Gasteiger charge is 2.32. The van der Waals surface area contributed by atoms with E-state index in [9.17, 15) is 9.50 Å². The van der Waals surface area contributed by atoms with E-state index in [-0.39, 0.29) is 17.3 Å². The smallest absolute Gasteiger partial charge is 0.143 e. The van der Waals surface area contributed by atoms with Crippen LogP contribution in [0, 0.1) is 5.82 Å². The molecule has 1 fully saturated rings. The van der Waals surface area contributed by atoms with Crippen LogP contribution in [0.5, 0.6) is 0 Å². The van der Waals surface area contributed by atoms with Gasteiger partial charge in [0.1, 0.15) is 5.82 Å². The molecule has 0 amide bonds. The molecule has 2 rings (SSSR count). The number of halogens is 2. The van der Waals surface area contributed by atoms with Gasteiger partial charge in [0.15, 0.2) is 0 Å². The molecule has 1 aliphatic heterocycles. The second kappa shape index (κ2) is 5.30. The Hall–Kier alpha value is -1.04. The van der Waals surface area contributed by atoms with E-state index in [1.807, 2.05) is 0 Å². The Morgan fingerprint density at radius 2 is 2.11 bits per heavy atom. The molecule has 100 valence electrons. The van der Waals surface area contributed by atoms with Crippen LogP contribution in [0.3, 0.4) is 0 Å². The van der Waals surface area contributed by atoms with E-state index in [0.29, 0.717) is 31.7 Å². The van der Waals surface area contributed by atoms with Gasteiger partial charge < -0.3 is 20.9 Å². The predicted molar refractivity (Wildman–Crippen MR) is 69.3 cm³/mol. The lowest BCUT2D eigenvalue weighted by Gasteiger charge is -2.37. The van der Waals surface area contributed by atoms with Gasteiger partial charge in [-0.15, -0.1) is 0 Å². The molecule has 1 saturated heterocycles. The Labute approximate surface area is 110 Å². The first-order valence-electron chi connectivity index (χ1n) is 5.78. The topological polar surface area (TPSA) is 67.5 Å². The molecule has 0 aliphatic carbocycles. The van der Waals surface area contributed by atoms with Crippen molar-refractivity contribution in [2.45, 2.75) is 18.4 Å². The van der Waals surface area contributed by atoms with Crippen molar-refractivity contribution < 1.29 is 14.2 Å². The van der Waals surface area contributed by atoms with Crippen molar-refractivity contribution in [3.05, 3.63) is 23.0 Å². The summed E-state index contributed by atoms with van der Waals surface area (Å²) >= 11 is 5.73. The van der Waals surface area contributed by atoms with Crippen LogP contribution in [0.15, 0.2) is 12.1 Å². The van der Waals surface area contributed by atoms with Gasteiger partial charge >= 0.3 is 0 Å². The molecular formula is C12H16ClFN2O2. The van der Waals surface area contributed by atoms with Crippen LogP contribution >= 0.6 is 11.6 Å². The lowest BCUT2D eigenvalue weighted by atomic mass is 9.90. The van der Waals surface area contributed by atoms with Crippen LogP contribution in [-0.2, 0) is 4.74 Å². The highest BCUT2D eigenvalue weighted by atomic mass is 35.5. The zero-order valence-electron chi connectivity index (χ0n) is 9.88. The second-order valence-electron chi connectivity index (χ2n) is 4.53. The van der Waals surface area contributed by atoms with Gasteiger partial charge in [-0.3, -0.25) is 0 Å². The van der Waals surface area contributed by atoms with E-state index >= 15 is 0 Å². The van der Waals surface area contributed by atoms with Crippen molar-refractivity contribution in [2.24, 2.45) is 0 Å². The van der Waals surface area contributed by atoms with Crippen LogP contribution in [0.1, 0.15) is 12.8 Å². The maximum atomic E-state index is 13.2. The molecule has 6 heteroatoms. The molecule has 0 aromatic heterocycles. The Bertz CT molecular complexity index is 436. The third-order valence-electron chi connectivity index (χ3n) is 3.24. The monoisotopic (exact) mass is 274 g/mol. The van der Waals surface area contributed by atoms with E-state index in [2.05, 4.69) is 5.32 Å². The van der Waals surface area contributed by atoms with Gasteiger partial charge in [0.2, 0.25) is 0 Å². The maximum absolute atomic E-state index is 13.2. The molecule has 4 N–H and O–H groups in total. The Morgan fingerprint density at radius 1 is 1.44 bits per heavy atom. The summed E-state index contributed by atoms with van der Waals surface area (Å²) < 4.78 is 18.5. The van der Waals surface area contributed by atoms with E-state index in [0.717, 1.165) is 0 Å². The van der Waals surface area contributed by atoms with Crippen molar-refractivity contribution in [3.8, 4) is 0 Å². The third-order valence-corrected chi connectivity index (χ3v) is 3.53. The van der Waals surface area contributed by atoms with Crippen LogP contribution < -0.4 is 11.1 Å². The third kappa shape index (κ3) is 2.68. The standard InChI is InChI=1S/C12H16ClFN2O2/c13-8-5-11(10(15)6-9(8)14)16-12(7-17)1-3-18-4-2-12/h5-6,16-17H,1-4,7,15H2. The molecule has 1 aromatic carbocycles. The van der Waals surface area contributed by atoms with Gasteiger partial charge in [-0.1, -0.05) is 11.6 Å². The fraction of sp³-hybridized carbons (Fsp3) is 0.500. The SMILES string of the molecule is Nc1cc(F)c(Cl)cc1NC1(CO)CCOCC1. The minimum Gasteiger partial charge on any atom is -0.397 e. The molecule has 0 spiro atoms. The lowest BCUT2D eigenvalue weighted by molar-refractivity contribution is 0.0380. The van der Waals surface area contributed by atoms with Crippen LogP contribution in [-0.4, -0.2) is 30.5 Å². The average Bonchev–Trinajstić information content (AvgIpc) is 2.37. The summed E-state index contributed by atoms with van der Waals surface area (Å²) in [5, 5.41) is 12.7. The van der Waals surface area contributed by atoms with Gasteiger partial charge in [-0.2, -0.15) is 0 Å². The quantitative estimate of drug-likeness (QED) is 0.738. The van der Waals surface area contributed by atoms with Crippen molar-refractivity contribution in [1.82, 2.24) is 0 Å². The minimum absolute atomic E-state index is 0.00634. The number of aliphatic hydroxyl groups is 1. The van der Waals surface area contributed by atoms with Gasteiger partial charge in [0, 0.05) is 19.3 Å². The number of rotatable bonds is 3. The van der Waals surface area contributed by atoms with Gasteiger partial charge in [-0.05, 0) is 18.9 Å². The summed E-state index contributed by atoms with van der Waals surface area (Å²) in [4.78, 5) is 0. The second-order valence-corrected chi connectivity index (χ2v) is 4.94. The van der Waals surface area contributed by atoms with Gasteiger partial charge in [0.05, 0.1) is 28.5 Å². The van der Waals surface area contributed by atoms with Crippen molar-refractivity contribution >= 4 is 23.0 Å². The number of ether oxygens (including phenoxy) is 1. The zero-order valence-corrected chi connectivity index (χ0v) is 10.6. The van der Waals surface area contributed by atoms with Crippen LogP contribution in [0.25, 0.3) is 0 Å². The molecule has 0 radical (unpaired) electrons. The Kier molecular flexibility index (Phi) is 3.94. The molecule has 1 aromatic rings. The molecule has 0 unspecified atom stereocenters. The number of nitrogens with one attached hydrogen (secondary N) is 1. The fourth-order valence-corrected chi connectivity index (χ4v) is 2.20. The first-order valence-corrected chi connectivity index (χ1v) is 6.15. The summed E-state index contributed by atoms with van der Waals surface area (Å²) in [6, 6.07) is 2.62. The summed E-state index contributed by atoms with van der Waals surface area (Å²) in [7, 11) is 0. The van der Waals surface area contributed by atoms with Gasteiger partial charge in [-0.25, -0.2) is 4.39 Å². The molecule has 18 heavy (non-hydrogen) atoms. The predicted octanol–water partition coefficient (Wildman–Crippen LogP) is 2.01. The number of nitrogen functional groups attached to an aromatic ring is 1. The zero-order chi connectivity index (χ0) is 13.2. The molecule has 1 heterocycles. The normalized spacial score (nSPS) is 18.6. The number of benzene rings is 1. The highest BCUT2D eigenvalue weighted by molar-refractivity contribution is 6.31. The molecule has 0 saturated carbocycles. The van der Waals surface area contributed by atoms with Crippen LogP contribution in [0.2, 0.25) is 5.02 Å². The van der Waals surface area contributed by atoms with Crippen molar-refractivity contribution in [2.75, 3.05) is 30.9 Å². The van der Waals surface area contributed by atoms with Crippen molar-refractivity contribution in [1.29, 1.82) is 0 Å².